The van der Waals surface area contributed by atoms with Crippen LogP contribution < -0.4 is 15.7 Å². The number of nitrogens with one attached hydrogen (secondary N) is 2. The van der Waals surface area contributed by atoms with Crippen molar-refractivity contribution < 1.29 is 14.4 Å². The quantitative estimate of drug-likeness (QED) is 0.758. The van der Waals surface area contributed by atoms with E-state index in [4.69, 9.17) is 16.4 Å². The van der Waals surface area contributed by atoms with Gasteiger partial charge in [0.25, 0.3) is 5.91 Å². The third-order valence-corrected chi connectivity index (χ3v) is 4.31. The summed E-state index contributed by atoms with van der Waals surface area (Å²) in [6.45, 7) is 1.34. The maximum atomic E-state index is 12.3. The molecule has 0 radical (unpaired) electrons. The second-order valence-corrected chi connectivity index (χ2v) is 6.46. The van der Waals surface area contributed by atoms with Crippen molar-refractivity contribution in [1.82, 2.24) is 10.6 Å². The average molecular weight is 411 g/mol. The summed E-state index contributed by atoms with van der Waals surface area (Å²) in [5.41, 5.74) is 3.85. The number of carbonyl (C=O) groups excluding carboxylic acids is 2. The summed E-state index contributed by atoms with van der Waals surface area (Å²) in [6.07, 6.45) is 0. The summed E-state index contributed by atoms with van der Waals surface area (Å²) in [5, 5.41) is 4.25. The molecular formula is C16H13BrClN3O3. The van der Waals surface area contributed by atoms with Crippen LogP contribution in [-0.2, 0) is 9.59 Å². The van der Waals surface area contributed by atoms with E-state index in [9.17, 15) is 9.59 Å². The molecule has 2 aromatic rings. The monoisotopic (exact) mass is 409 g/mol. The van der Waals surface area contributed by atoms with Gasteiger partial charge in [-0.15, -0.1) is 0 Å². The van der Waals surface area contributed by atoms with Crippen molar-refractivity contribution >= 4 is 45.0 Å². The molecule has 0 aromatic heterocycles. The summed E-state index contributed by atoms with van der Waals surface area (Å²) < 4.78 is 0.804. The minimum atomic E-state index is -0.850. The van der Waals surface area contributed by atoms with Crippen molar-refractivity contribution in [2.45, 2.75) is 13.0 Å². The summed E-state index contributed by atoms with van der Waals surface area (Å²) in [4.78, 5) is 29.8. The molecule has 0 bridgehead atoms. The number of carbonyl (C=O) groups is 2. The van der Waals surface area contributed by atoms with E-state index < -0.39 is 6.04 Å². The number of rotatable bonds is 4. The Morgan fingerprint density at radius 3 is 2.79 bits per heavy atom. The van der Waals surface area contributed by atoms with Gasteiger partial charge in [-0.25, -0.2) is 5.01 Å². The molecule has 1 aliphatic rings. The van der Waals surface area contributed by atoms with E-state index in [0.717, 1.165) is 9.48 Å². The van der Waals surface area contributed by atoms with Gasteiger partial charge in [0.1, 0.15) is 0 Å². The zero-order chi connectivity index (χ0) is 17.3. The van der Waals surface area contributed by atoms with Gasteiger partial charge in [0.15, 0.2) is 11.8 Å². The van der Waals surface area contributed by atoms with Crippen molar-refractivity contribution in [1.29, 1.82) is 0 Å². The van der Waals surface area contributed by atoms with Crippen LogP contribution in [0.5, 0.6) is 5.75 Å². The Kier molecular flexibility index (Phi) is 4.75. The molecule has 24 heavy (non-hydrogen) atoms. The first-order chi connectivity index (χ1) is 11.5. The van der Waals surface area contributed by atoms with E-state index in [0.29, 0.717) is 22.0 Å². The van der Waals surface area contributed by atoms with Gasteiger partial charge in [0.2, 0.25) is 5.91 Å². The summed E-state index contributed by atoms with van der Waals surface area (Å²) in [6, 6.07) is 11.3. The maximum Gasteiger partial charge on any atom is 0.253 e. The Balaban J connectivity index is 1.87. The number of hydrogen-bond acceptors (Lipinski definition) is 4. The number of hydrogen-bond donors (Lipinski definition) is 2. The van der Waals surface area contributed by atoms with Crippen molar-refractivity contribution in [3.63, 3.8) is 0 Å². The normalized spacial score (nSPS) is 15.6. The Bertz CT molecular complexity index is 815. The molecule has 124 valence electrons. The Hall–Kier alpha value is -2.09. The zero-order valence-electron chi connectivity index (χ0n) is 12.5. The molecule has 2 N–H and O–H groups in total. The number of hydrazine groups is 1. The van der Waals surface area contributed by atoms with Crippen LogP contribution in [0.25, 0.3) is 0 Å². The van der Waals surface area contributed by atoms with E-state index >= 15 is 0 Å². The lowest BCUT2D eigenvalue weighted by Gasteiger charge is -2.26. The molecule has 3 rings (SSSR count). The molecule has 2 aromatic carbocycles. The summed E-state index contributed by atoms with van der Waals surface area (Å²) in [7, 11) is 0. The fourth-order valence-corrected chi connectivity index (χ4v) is 2.95. The highest BCUT2D eigenvalue weighted by molar-refractivity contribution is 9.10. The molecule has 2 amide bonds. The first-order valence-corrected chi connectivity index (χ1v) is 8.21. The number of benzene rings is 2. The highest BCUT2D eigenvalue weighted by atomic mass is 79.9. The lowest BCUT2D eigenvalue weighted by atomic mass is 10.1. The molecule has 0 saturated carbocycles. The Labute approximate surface area is 151 Å². The largest absolute Gasteiger partial charge is 0.387 e. The molecule has 0 saturated heterocycles. The molecule has 1 atom stereocenters. The van der Waals surface area contributed by atoms with E-state index in [1.165, 1.54) is 6.92 Å². The lowest BCUT2D eigenvalue weighted by Crippen LogP contribution is -2.48. The number of amides is 2. The topological polar surface area (TPSA) is 70.7 Å². The smallest absolute Gasteiger partial charge is 0.253 e. The zero-order valence-corrected chi connectivity index (χ0v) is 14.9. The van der Waals surface area contributed by atoms with Crippen LogP contribution in [0.3, 0.4) is 0 Å². The number of para-hydroxylation sites is 1. The van der Waals surface area contributed by atoms with Gasteiger partial charge >= 0.3 is 0 Å². The van der Waals surface area contributed by atoms with Crippen LogP contribution in [-0.4, -0.2) is 16.8 Å². The molecule has 1 unspecified atom stereocenters. The van der Waals surface area contributed by atoms with Crippen LogP contribution >= 0.6 is 27.5 Å². The molecule has 8 heteroatoms. The van der Waals surface area contributed by atoms with E-state index in [2.05, 4.69) is 26.8 Å². The molecule has 1 aliphatic heterocycles. The summed E-state index contributed by atoms with van der Waals surface area (Å²) >= 11 is 9.40. The number of anilines is 1. The Morgan fingerprint density at radius 1 is 1.33 bits per heavy atom. The molecule has 6 nitrogen and oxygen atoms in total. The van der Waals surface area contributed by atoms with Gasteiger partial charge in [-0.1, -0.05) is 45.3 Å². The predicted octanol–water partition coefficient (Wildman–Crippen LogP) is 3.44. The first kappa shape index (κ1) is 16.8. The first-order valence-electron chi connectivity index (χ1n) is 7.04. The van der Waals surface area contributed by atoms with Gasteiger partial charge in [-0.2, -0.15) is 0 Å². The predicted molar refractivity (Wildman–Crippen MR) is 93.2 cm³/mol. The van der Waals surface area contributed by atoms with Gasteiger partial charge in [0, 0.05) is 22.6 Å². The molecule has 0 spiro atoms. The summed E-state index contributed by atoms with van der Waals surface area (Å²) in [5.74, 6) is -0.359. The fraction of sp³-hybridized carbons (Fsp3) is 0.125. The van der Waals surface area contributed by atoms with Crippen LogP contribution in [0, 0.1) is 0 Å². The van der Waals surface area contributed by atoms with Gasteiger partial charge in [-0.3, -0.25) is 9.59 Å². The van der Waals surface area contributed by atoms with Crippen LogP contribution in [0.1, 0.15) is 18.5 Å². The maximum absolute atomic E-state index is 12.3. The standard InChI is InChI=1S/C16H13BrClN3O3/c1-9(22)21(20-24-14-5-3-2-4-12(14)18)15-11-8-10(17)6-7-13(11)19-16(15)23/h2-8,15,20H,1H3,(H,19,23). The number of fused-ring (bicyclic) bond motifs is 1. The van der Waals surface area contributed by atoms with Gasteiger partial charge < -0.3 is 10.2 Å². The van der Waals surface area contributed by atoms with Crippen molar-refractivity contribution in [2.24, 2.45) is 0 Å². The van der Waals surface area contributed by atoms with Crippen LogP contribution in [0.4, 0.5) is 5.69 Å². The van der Waals surface area contributed by atoms with Crippen molar-refractivity contribution in [3.8, 4) is 5.75 Å². The molecular weight excluding hydrogens is 398 g/mol. The van der Waals surface area contributed by atoms with Gasteiger partial charge in [-0.05, 0) is 30.3 Å². The molecule has 0 fully saturated rings. The van der Waals surface area contributed by atoms with Crippen molar-refractivity contribution in [3.05, 3.63) is 57.5 Å². The molecule has 0 aliphatic carbocycles. The number of nitrogens with zero attached hydrogens (tertiary/aromatic N) is 1. The minimum absolute atomic E-state index is 0.325. The highest BCUT2D eigenvalue weighted by Crippen LogP contribution is 2.36. The van der Waals surface area contributed by atoms with Gasteiger partial charge in [0.05, 0.1) is 5.02 Å². The van der Waals surface area contributed by atoms with E-state index in [1.54, 1.807) is 36.4 Å². The average Bonchev–Trinajstić information content (AvgIpc) is 2.85. The SMILES string of the molecule is CC(=O)N(NOc1ccccc1Cl)C1C(=O)Nc2ccc(Br)cc21. The van der Waals surface area contributed by atoms with Crippen LogP contribution in [0.15, 0.2) is 46.9 Å². The fourth-order valence-electron chi connectivity index (χ4n) is 2.40. The third-order valence-electron chi connectivity index (χ3n) is 3.50. The second-order valence-electron chi connectivity index (χ2n) is 5.14. The Morgan fingerprint density at radius 2 is 2.08 bits per heavy atom. The number of halogens is 2. The van der Waals surface area contributed by atoms with Crippen LogP contribution in [0.2, 0.25) is 5.02 Å². The minimum Gasteiger partial charge on any atom is -0.387 e. The molecule has 1 heterocycles. The lowest BCUT2D eigenvalue weighted by molar-refractivity contribution is -0.150. The third kappa shape index (κ3) is 3.24. The highest BCUT2D eigenvalue weighted by Gasteiger charge is 2.37. The van der Waals surface area contributed by atoms with Crippen molar-refractivity contribution in [2.75, 3.05) is 5.32 Å². The second kappa shape index (κ2) is 6.80. The van der Waals surface area contributed by atoms with E-state index in [1.807, 2.05) is 6.07 Å². The van der Waals surface area contributed by atoms with E-state index in [-0.39, 0.29) is 11.8 Å².